The Bertz CT molecular complexity index is 853. The van der Waals surface area contributed by atoms with Crippen LogP contribution in [-0.4, -0.2) is 33.2 Å². The summed E-state index contributed by atoms with van der Waals surface area (Å²) >= 11 is 0. The van der Waals surface area contributed by atoms with E-state index in [-0.39, 0.29) is 11.5 Å². The zero-order valence-electron chi connectivity index (χ0n) is 13.0. The third-order valence-electron chi connectivity index (χ3n) is 3.38. The monoisotopic (exact) mass is 335 g/mol. The maximum Gasteiger partial charge on any atom is 0.387 e. The Morgan fingerprint density at radius 2 is 2.04 bits per heavy atom. The number of nitrogens with zero attached hydrogens (tertiary/aromatic N) is 4. The third-order valence-corrected chi connectivity index (χ3v) is 3.38. The van der Waals surface area contributed by atoms with Crippen molar-refractivity contribution in [3.8, 4) is 11.5 Å². The second kappa shape index (κ2) is 6.65. The molecule has 126 valence electrons. The molecule has 0 aliphatic rings. The lowest BCUT2D eigenvalue weighted by atomic mass is 10.2. The van der Waals surface area contributed by atoms with Crippen LogP contribution in [0.15, 0.2) is 30.9 Å². The standard InChI is InChI=1S/C15H15F2N5O2/c1-3-22-8-20-12-13(18-7-19-14(12)22)21-9-4-5-10(24-15(16)17)11(6-9)23-2/h4-8,15H,3H2,1-2H3,(H,18,19,21). The minimum atomic E-state index is -2.92. The first-order valence-electron chi connectivity index (χ1n) is 7.18. The van der Waals surface area contributed by atoms with Crippen molar-refractivity contribution in [2.24, 2.45) is 0 Å². The van der Waals surface area contributed by atoms with Crippen molar-refractivity contribution in [1.29, 1.82) is 0 Å². The Balaban J connectivity index is 1.92. The Labute approximate surface area is 136 Å². The van der Waals surface area contributed by atoms with Gasteiger partial charge in [0.05, 0.1) is 13.4 Å². The first kappa shape index (κ1) is 15.9. The van der Waals surface area contributed by atoms with E-state index in [1.807, 2.05) is 11.5 Å². The molecule has 0 spiro atoms. The predicted molar refractivity (Wildman–Crippen MR) is 83.9 cm³/mol. The largest absolute Gasteiger partial charge is 0.493 e. The lowest BCUT2D eigenvalue weighted by Gasteiger charge is -2.12. The molecule has 0 fully saturated rings. The summed E-state index contributed by atoms with van der Waals surface area (Å²) in [6.45, 7) is -0.194. The molecule has 3 rings (SSSR count). The Morgan fingerprint density at radius 3 is 2.75 bits per heavy atom. The third kappa shape index (κ3) is 3.05. The maximum atomic E-state index is 12.4. The number of benzene rings is 1. The van der Waals surface area contributed by atoms with E-state index in [2.05, 4.69) is 25.0 Å². The average Bonchev–Trinajstić information content (AvgIpc) is 3.00. The second-order valence-corrected chi connectivity index (χ2v) is 4.79. The molecule has 7 nitrogen and oxygen atoms in total. The smallest absolute Gasteiger partial charge is 0.387 e. The van der Waals surface area contributed by atoms with Crippen molar-refractivity contribution >= 4 is 22.7 Å². The van der Waals surface area contributed by atoms with Crippen molar-refractivity contribution < 1.29 is 18.3 Å². The molecule has 0 unspecified atom stereocenters. The number of hydrogen-bond donors (Lipinski definition) is 1. The molecule has 2 heterocycles. The number of fused-ring (bicyclic) bond motifs is 1. The average molecular weight is 335 g/mol. The van der Waals surface area contributed by atoms with Gasteiger partial charge in [0, 0.05) is 18.3 Å². The van der Waals surface area contributed by atoms with Gasteiger partial charge in [0.2, 0.25) is 0 Å². The van der Waals surface area contributed by atoms with Crippen LogP contribution in [0.25, 0.3) is 11.2 Å². The summed E-state index contributed by atoms with van der Waals surface area (Å²) in [6, 6.07) is 4.53. The molecule has 9 heteroatoms. The van der Waals surface area contributed by atoms with E-state index in [0.29, 0.717) is 22.7 Å². The Morgan fingerprint density at radius 1 is 1.21 bits per heavy atom. The van der Waals surface area contributed by atoms with E-state index in [1.54, 1.807) is 18.5 Å². The molecule has 1 aromatic carbocycles. The number of anilines is 2. The van der Waals surface area contributed by atoms with Gasteiger partial charge in [-0.2, -0.15) is 8.78 Å². The number of rotatable bonds is 6. The van der Waals surface area contributed by atoms with E-state index in [0.717, 1.165) is 6.54 Å². The molecule has 0 aliphatic carbocycles. The van der Waals surface area contributed by atoms with Crippen LogP contribution in [0.5, 0.6) is 11.5 Å². The van der Waals surface area contributed by atoms with Gasteiger partial charge in [-0.05, 0) is 19.1 Å². The molecule has 2 aromatic heterocycles. The van der Waals surface area contributed by atoms with Crippen molar-refractivity contribution in [3.05, 3.63) is 30.9 Å². The highest BCUT2D eigenvalue weighted by atomic mass is 19.3. The topological polar surface area (TPSA) is 74.1 Å². The Hall–Kier alpha value is -2.97. The van der Waals surface area contributed by atoms with Crippen molar-refractivity contribution in [1.82, 2.24) is 19.5 Å². The van der Waals surface area contributed by atoms with Crippen molar-refractivity contribution in [2.75, 3.05) is 12.4 Å². The zero-order valence-corrected chi connectivity index (χ0v) is 13.0. The lowest BCUT2D eigenvalue weighted by molar-refractivity contribution is -0.0512. The van der Waals surface area contributed by atoms with Crippen LogP contribution in [-0.2, 0) is 6.54 Å². The summed E-state index contributed by atoms with van der Waals surface area (Å²) in [5.74, 6) is 0.655. The SMILES string of the molecule is CCn1cnc2c(Nc3ccc(OC(F)F)c(OC)c3)ncnc21. The summed E-state index contributed by atoms with van der Waals surface area (Å²) in [6.07, 6.45) is 3.12. The van der Waals surface area contributed by atoms with Crippen molar-refractivity contribution in [3.63, 3.8) is 0 Å². The number of imidazole rings is 1. The number of halogens is 2. The maximum absolute atomic E-state index is 12.4. The molecule has 0 saturated carbocycles. The van der Waals surface area contributed by atoms with Crippen LogP contribution in [0.1, 0.15) is 6.92 Å². The number of aromatic nitrogens is 4. The van der Waals surface area contributed by atoms with Gasteiger partial charge in [0.15, 0.2) is 28.5 Å². The number of ether oxygens (including phenoxy) is 2. The van der Waals surface area contributed by atoms with Gasteiger partial charge in [0.1, 0.15) is 6.33 Å². The van der Waals surface area contributed by atoms with Gasteiger partial charge < -0.3 is 19.4 Å². The molecule has 3 aromatic rings. The molecule has 24 heavy (non-hydrogen) atoms. The van der Waals surface area contributed by atoms with E-state index in [4.69, 9.17) is 4.74 Å². The normalized spacial score (nSPS) is 11.0. The summed E-state index contributed by atoms with van der Waals surface area (Å²) in [5.41, 5.74) is 1.92. The fourth-order valence-electron chi connectivity index (χ4n) is 2.28. The summed E-state index contributed by atoms with van der Waals surface area (Å²) in [5, 5.41) is 3.09. The minimum absolute atomic E-state index is 0.0406. The molecule has 0 saturated heterocycles. The van der Waals surface area contributed by atoms with Crippen LogP contribution >= 0.6 is 0 Å². The van der Waals surface area contributed by atoms with Crippen LogP contribution < -0.4 is 14.8 Å². The highest BCUT2D eigenvalue weighted by Crippen LogP contribution is 2.33. The quantitative estimate of drug-likeness (QED) is 0.746. The molecule has 0 bridgehead atoms. The molecule has 0 amide bonds. The van der Waals surface area contributed by atoms with Gasteiger partial charge in [-0.15, -0.1) is 0 Å². The first-order chi connectivity index (χ1) is 11.6. The van der Waals surface area contributed by atoms with Gasteiger partial charge in [-0.3, -0.25) is 0 Å². The summed E-state index contributed by atoms with van der Waals surface area (Å²) in [4.78, 5) is 12.7. The zero-order chi connectivity index (χ0) is 17.1. The second-order valence-electron chi connectivity index (χ2n) is 4.79. The molecule has 0 aliphatic heterocycles. The highest BCUT2D eigenvalue weighted by Gasteiger charge is 2.13. The highest BCUT2D eigenvalue weighted by molar-refractivity contribution is 5.85. The fourth-order valence-corrected chi connectivity index (χ4v) is 2.28. The van der Waals surface area contributed by atoms with E-state index < -0.39 is 6.61 Å². The number of hydrogen-bond acceptors (Lipinski definition) is 6. The van der Waals surface area contributed by atoms with Gasteiger partial charge in [0.25, 0.3) is 0 Å². The fraction of sp³-hybridized carbons (Fsp3) is 0.267. The van der Waals surface area contributed by atoms with Crippen LogP contribution in [0.3, 0.4) is 0 Å². The molecular weight excluding hydrogens is 320 g/mol. The first-order valence-corrected chi connectivity index (χ1v) is 7.18. The number of alkyl halides is 2. The predicted octanol–water partition coefficient (Wildman–Crippen LogP) is 3.20. The van der Waals surface area contributed by atoms with Crippen molar-refractivity contribution in [2.45, 2.75) is 20.1 Å². The number of aryl methyl sites for hydroxylation is 1. The van der Waals surface area contributed by atoms with E-state index in [1.165, 1.54) is 19.5 Å². The van der Waals surface area contributed by atoms with Gasteiger partial charge in [-0.25, -0.2) is 15.0 Å². The number of methoxy groups -OCH3 is 1. The molecule has 1 N–H and O–H groups in total. The van der Waals surface area contributed by atoms with E-state index >= 15 is 0 Å². The molecular formula is C15H15F2N5O2. The van der Waals surface area contributed by atoms with E-state index in [9.17, 15) is 8.78 Å². The minimum Gasteiger partial charge on any atom is -0.493 e. The lowest BCUT2D eigenvalue weighted by Crippen LogP contribution is -2.04. The Kier molecular flexibility index (Phi) is 4.41. The van der Waals surface area contributed by atoms with Gasteiger partial charge >= 0.3 is 6.61 Å². The van der Waals surface area contributed by atoms with Crippen LogP contribution in [0, 0.1) is 0 Å². The van der Waals surface area contributed by atoms with Crippen LogP contribution in [0.2, 0.25) is 0 Å². The number of nitrogens with one attached hydrogen (secondary N) is 1. The molecule has 0 radical (unpaired) electrons. The van der Waals surface area contributed by atoms with Gasteiger partial charge in [-0.1, -0.05) is 0 Å². The summed E-state index contributed by atoms with van der Waals surface area (Å²) in [7, 11) is 1.38. The molecule has 0 atom stereocenters. The van der Waals surface area contributed by atoms with Crippen LogP contribution in [0.4, 0.5) is 20.3 Å². The summed E-state index contributed by atoms with van der Waals surface area (Å²) < 4.78 is 36.1.